The molecule has 2 heterocycles. The molecule has 12 nitrogen and oxygen atoms in total. The summed E-state index contributed by atoms with van der Waals surface area (Å²) >= 11 is 0. The quantitative estimate of drug-likeness (QED) is 0.352. The topological polar surface area (TPSA) is 185 Å². The Morgan fingerprint density at radius 2 is 1.90 bits per heavy atom. The van der Waals surface area contributed by atoms with Crippen LogP contribution in [0.5, 0.6) is 0 Å². The van der Waals surface area contributed by atoms with Crippen molar-refractivity contribution < 1.29 is 16.8 Å². The van der Waals surface area contributed by atoms with E-state index in [1.165, 1.54) is 19.2 Å². The zero-order chi connectivity index (χ0) is 20.8. The number of aromatic amines is 1. The molecule has 29 heavy (non-hydrogen) atoms. The van der Waals surface area contributed by atoms with Crippen LogP contribution < -0.4 is 20.7 Å². The molecule has 0 radical (unpaired) electrons. The number of nitrogens with zero attached hydrogens (tertiary/aromatic N) is 3. The van der Waals surface area contributed by atoms with E-state index >= 15 is 0 Å². The van der Waals surface area contributed by atoms with Crippen molar-refractivity contribution in [1.82, 2.24) is 30.8 Å². The Labute approximate surface area is 166 Å². The standard InChI is InChI=1S/C15H16N8O4S2/c1-17-29(26,27)11-6-5-9(10-4-2-3-8-7-18-19-13(8)10)12(14(11)28(16,24)25)15-20-22-23-21-15/h2-6,17-19H,7H2,1H3,(H2,16,24,25)(H,20,21,22,23). The summed E-state index contributed by atoms with van der Waals surface area (Å²) in [5, 5.41) is 18.9. The molecule has 0 unspecified atom stereocenters. The van der Waals surface area contributed by atoms with Crippen LogP contribution in [-0.4, -0.2) is 44.5 Å². The van der Waals surface area contributed by atoms with E-state index in [1.807, 2.05) is 6.07 Å². The van der Waals surface area contributed by atoms with Gasteiger partial charge in [0, 0.05) is 12.1 Å². The molecule has 0 atom stereocenters. The van der Waals surface area contributed by atoms with E-state index in [0.29, 0.717) is 17.7 Å². The number of primary sulfonamides is 1. The van der Waals surface area contributed by atoms with Gasteiger partial charge in [-0.3, -0.25) is 0 Å². The van der Waals surface area contributed by atoms with Crippen LogP contribution in [0.2, 0.25) is 0 Å². The summed E-state index contributed by atoms with van der Waals surface area (Å²) in [5.41, 5.74) is 8.62. The molecule has 0 spiro atoms. The van der Waals surface area contributed by atoms with Crippen molar-refractivity contribution in [3.63, 3.8) is 0 Å². The lowest BCUT2D eigenvalue weighted by Gasteiger charge is -2.17. The molecule has 14 heteroatoms. The lowest BCUT2D eigenvalue weighted by molar-refractivity contribution is 0.578. The van der Waals surface area contributed by atoms with Gasteiger partial charge >= 0.3 is 0 Å². The van der Waals surface area contributed by atoms with E-state index in [4.69, 9.17) is 5.14 Å². The second-order valence-electron chi connectivity index (χ2n) is 6.12. The van der Waals surface area contributed by atoms with Gasteiger partial charge in [-0.25, -0.2) is 32.1 Å². The molecule has 1 aliphatic rings. The first kappa shape index (κ1) is 19.4. The number of para-hydroxylation sites is 1. The van der Waals surface area contributed by atoms with Crippen LogP contribution in [0.3, 0.4) is 0 Å². The Kier molecular flexibility index (Phi) is 4.59. The number of nitrogens with two attached hydrogens (primary N) is 1. The molecule has 2 aromatic carbocycles. The average Bonchev–Trinajstić information content (AvgIpc) is 3.37. The Bertz CT molecular complexity index is 1300. The number of sulfonamides is 2. The minimum absolute atomic E-state index is 0.0697. The number of hydrogen-bond donors (Lipinski definition) is 5. The molecule has 0 fully saturated rings. The zero-order valence-corrected chi connectivity index (χ0v) is 16.6. The number of fused-ring (bicyclic) bond motifs is 1. The van der Waals surface area contributed by atoms with Gasteiger partial charge in [0.15, 0.2) is 0 Å². The number of hydrazine groups is 1. The molecule has 0 bridgehead atoms. The molecule has 0 aliphatic carbocycles. The van der Waals surface area contributed by atoms with Crippen LogP contribution in [0.15, 0.2) is 40.1 Å². The van der Waals surface area contributed by atoms with Crippen molar-refractivity contribution in [3.8, 4) is 22.5 Å². The maximum Gasteiger partial charge on any atom is 0.241 e. The third-order valence-electron chi connectivity index (χ3n) is 4.47. The summed E-state index contributed by atoms with van der Waals surface area (Å²) in [4.78, 5) is -1.13. The fourth-order valence-corrected chi connectivity index (χ4v) is 5.55. The van der Waals surface area contributed by atoms with E-state index in [9.17, 15) is 16.8 Å². The summed E-state index contributed by atoms with van der Waals surface area (Å²) in [6.07, 6.45) is 0. The van der Waals surface area contributed by atoms with E-state index < -0.39 is 29.8 Å². The third kappa shape index (κ3) is 3.26. The first-order valence-corrected chi connectivity index (χ1v) is 11.3. The SMILES string of the molecule is CNS(=O)(=O)c1ccc(-c2cccc3c2NNC3)c(-c2nn[nH]n2)c1S(N)(=O)=O. The second-order valence-corrected chi connectivity index (χ2v) is 9.47. The average molecular weight is 436 g/mol. The highest BCUT2D eigenvalue weighted by Gasteiger charge is 2.32. The van der Waals surface area contributed by atoms with Crippen molar-refractivity contribution in [2.24, 2.45) is 5.14 Å². The predicted molar refractivity (Wildman–Crippen MR) is 103 cm³/mol. The van der Waals surface area contributed by atoms with Crippen LogP contribution >= 0.6 is 0 Å². The Hall–Kier alpha value is -2.91. The smallest absolute Gasteiger partial charge is 0.241 e. The molecule has 0 amide bonds. The maximum absolute atomic E-state index is 12.5. The van der Waals surface area contributed by atoms with Gasteiger partial charge in [-0.15, -0.1) is 10.2 Å². The summed E-state index contributed by atoms with van der Waals surface area (Å²) in [6.45, 7) is 0.564. The summed E-state index contributed by atoms with van der Waals surface area (Å²) in [7, 11) is -7.49. The maximum atomic E-state index is 12.5. The van der Waals surface area contributed by atoms with Crippen molar-refractivity contribution in [3.05, 3.63) is 35.9 Å². The van der Waals surface area contributed by atoms with Crippen molar-refractivity contribution in [1.29, 1.82) is 0 Å². The highest BCUT2D eigenvalue weighted by atomic mass is 32.2. The zero-order valence-electron chi connectivity index (χ0n) is 15.0. The van der Waals surface area contributed by atoms with Crippen LogP contribution in [0.4, 0.5) is 5.69 Å². The number of nitrogens with one attached hydrogen (secondary N) is 4. The summed E-state index contributed by atoms with van der Waals surface area (Å²) in [6, 6.07) is 8.14. The van der Waals surface area contributed by atoms with Gasteiger partial charge in [0.05, 0.1) is 11.3 Å². The molecule has 0 saturated carbocycles. The number of hydrogen-bond acceptors (Lipinski definition) is 9. The van der Waals surface area contributed by atoms with E-state index in [-0.39, 0.29) is 11.4 Å². The monoisotopic (exact) mass is 436 g/mol. The highest BCUT2D eigenvalue weighted by Crippen LogP contribution is 2.42. The Balaban J connectivity index is 2.16. The van der Waals surface area contributed by atoms with Gasteiger partial charge in [-0.1, -0.05) is 24.3 Å². The molecule has 1 aliphatic heterocycles. The van der Waals surface area contributed by atoms with Crippen molar-refractivity contribution >= 4 is 25.7 Å². The van der Waals surface area contributed by atoms with Crippen molar-refractivity contribution in [2.45, 2.75) is 16.3 Å². The Morgan fingerprint density at radius 1 is 1.10 bits per heavy atom. The van der Waals surface area contributed by atoms with Gasteiger partial charge in [0.2, 0.25) is 25.9 Å². The fraction of sp³-hybridized carbons (Fsp3) is 0.133. The van der Waals surface area contributed by atoms with E-state index in [0.717, 1.165) is 11.3 Å². The lowest BCUT2D eigenvalue weighted by Crippen LogP contribution is -2.24. The first-order chi connectivity index (χ1) is 13.7. The van der Waals surface area contributed by atoms with Crippen molar-refractivity contribution in [2.75, 3.05) is 12.5 Å². The molecule has 3 aromatic rings. The molecular weight excluding hydrogens is 420 g/mol. The molecule has 0 saturated heterocycles. The van der Waals surface area contributed by atoms with E-state index in [2.05, 4.69) is 36.2 Å². The summed E-state index contributed by atoms with van der Waals surface area (Å²) < 4.78 is 52.2. The van der Waals surface area contributed by atoms with Gasteiger partial charge in [-0.2, -0.15) is 5.21 Å². The number of H-pyrrole nitrogens is 1. The number of tetrazole rings is 1. The number of benzene rings is 2. The van der Waals surface area contributed by atoms with Gasteiger partial charge in [0.1, 0.15) is 9.79 Å². The number of anilines is 1. The fourth-order valence-electron chi connectivity index (χ4n) is 3.23. The normalized spacial score (nSPS) is 13.9. The predicted octanol–water partition coefficient (Wildman–Crippen LogP) is -0.481. The molecule has 4 rings (SSSR count). The number of aromatic nitrogens is 4. The molecular formula is C15H16N8O4S2. The van der Waals surface area contributed by atoms with Gasteiger partial charge < -0.3 is 5.43 Å². The van der Waals surface area contributed by atoms with Gasteiger partial charge in [-0.05, 0) is 29.5 Å². The molecule has 1 aromatic heterocycles. The van der Waals surface area contributed by atoms with Crippen LogP contribution in [0, 0.1) is 0 Å². The highest BCUT2D eigenvalue weighted by molar-refractivity contribution is 7.92. The molecule has 152 valence electrons. The number of rotatable bonds is 5. The Morgan fingerprint density at radius 3 is 2.55 bits per heavy atom. The second kappa shape index (κ2) is 6.85. The minimum atomic E-state index is -4.50. The van der Waals surface area contributed by atoms with E-state index in [1.54, 1.807) is 12.1 Å². The first-order valence-electron chi connectivity index (χ1n) is 8.22. The van der Waals surface area contributed by atoms with Gasteiger partial charge in [0.25, 0.3) is 0 Å². The van der Waals surface area contributed by atoms with Crippen LogP contribution in [0.25, 0.3) is 22.5 Å². The summed E-state index contributed by atoms with van der Waals surface area (Å²) in [5.74, 6) is -0.110. The van der Waals surface area contributed by atoms with Crippen LogP contribution in [-0.2, 0) is 26.6 Å². The largest absolute Gasteiger partial charge is 0.320 e. The molecule has 6 N–H and O–H groups in total. The van der Waals surface area contributed by atoms with Crippen LogP contribution in [0.1, 0.15) is 5.56 Å². The minimum Gasteiger partial charge on any atom is -0.320 e. The lowest BCUT2D eigenvalue weighted by atomic mass is 9.96. The third-order valence-corrected chi connectivity index (χ3v) is 7.05.